The molecule has 14 heavy (non-hydrogen) atoms. The van der Waals surface area contributed by atoms with E-state index in [2.05, 4.69) is 5.32 Å². The van der Waals surface area contributed by atoms with Gasteiger partial charge in [-0.15, -0.1) is 0 Å². The van der Waals surface area contributed by atoms with Gasteiger partial charge in [-0.1, -0.05) is 36.7 Å². The van der Waals surface area contributed by atoms with Crippen molar-refractivity contribution in [3.05, 3.63) is 34.9 Å². The van der Waals surface area contributed by atoms with Crippen LogP contribution in [-0.2, 0) is 4.79 Å². The first kappa shape index (κ1) is 9.53. The molecule has 2 nitrogen and oxygen atoms in total. The van der Waals surface area contributed by atoms with Crippen LogP contribution in [0.2, 0.25) is 5.02 Å². The highest BCUT2D eigenvalue weighted by Crippen LogP contribution is 2.31. The minimum Gasteiger partial charge on any atom is -0.349 e. The van der Waals surface area contributed by atoms with Crippen LogP contribution in [0.25, 0.3) is 0 Å². The third kappa shape index (κ3) is 1.62. The number of rotatable bonds is 1. The third-order valence-corrected chi connectivity index (χ3v) is 2.98. The monoisotopic (exact) mass is 209 g/mol. The van der Waals surface area contributed by atoms with Gasteiger partial charge >= 0.3 is 0 Å². The van der Waals surface area contributed by atoms with E-state index < -0.39 is 0 Å². The standard InChI is InChI=1S/C11H12ClNO/c1-7-6-10(13-11(7)14)8-4-2-3-5-9(8)12/h2-5,7,10H,6H2,1H3,(H,13,14)/t7?,10-/m0/s1. The van der Waals surface area contributed by atoms with E-state index in [-0.39, 0.29) is 17.9 Å². The summed E-state index contributed by atoms with van der Waals surface area (Å²) in [5.41, 5.74) is 1.02. The molecule has 0 radical (unpaired) electrons. The fourth-order valence-electron chi connectivity index (χ4n) is 1.80. The Balaban J connectivity index is 2.25. The highest BCUT2D eigenvalue weighted by molar-refractivity contribution is 6.31. The molecule has 1 heterocycles. The van der Waals surface area contributed by atoms with Crippen LogP contribution in [0.3, 0.4) is 0 Å². The van der Waals surface area contributed by atoms with Crippen molar-refractivity contribution in [2.24, 2.45) is 5.92 Å². The van der Waals surface area contributed by atoms with Gasteiger partial charge < -0.3 is 5.32 Å². The fourth-order valence-corrected chi connectivity index (χ4v) is 2.06. The molecule has 1 N–H and O–H groups in total. The molecule has 74 valence electrons. The number of amides is 1. The Kier molecular flexibility index (Phi) is 2.46. The zero-order chi connectivity index (χ0) is 10.1. The van der Waals surface area contributed by atoms with E-state index in [4.69, 9.17) is 11.6 Å². The van der Waals surface area contributed by atoms with E-state index in [0.29, 0.717) is 0 Å². The average molecular weight is 210 g/mol. The Morgan fingerprint density at radius 3 is 2.71 bits per heavy atom. The van der Waals surface area contributed by atoms with E-state index in [0.717, 1.165) is 17.0 Å². The van der Waals surface area contributed by atoms with E-state index in [1.165, 1.54) is 0 Å². The van der Waals surface area contributed by atoms with Crippen molar-refractivity contribution in [3.8, 4) is 0 Å². The summed E-state index contributed by atoms with van der Waals surface area (Å²) in [6.45, 7) is 1.94. The van der Waals surface area contributed by atoms with Crippen molar-refractivity contribution in [3.63, 3.8) is 0 Å². The van der Waals surface area contributed by atoms with Gasteiger partial charge in [0.1, 0.15) is 0 Å². The molecule has 0 spiro atoms. The Hall–Kier alpha value is -1.02. The summed E-state index contributed by atoms with van der Waals surface area (Å²) in [6.07, 6.45) is 0.836. The molecular weight excluding hydrogens is 198 g/mol. The second-order valence-electron chi connectivity index (χ2n) is 3.72. The van der Waals surface area contributed by atoms with Gasteiger partial charge in [-0.25, -0.2) is 0 Å². The lowest BCUT2D eigenvalue weighted by Crippen LogP contribution is -2.20. The minimum absolute atomic E-state index is 0.0891. The van der Waals surface area contributed by atoms with Crippen LogP contribution >= 0.6 is 11.6 Å². The molecule has 1 fully saturated rings. The van der Waals surface area contributed by atoms with Gasteiger partial charge in [0.05, 0.1) is 6.04 Å². The molecule has 3 heteroatoms. The first-order valence-electron chi connectivity index (χ1n) is 4.73. The smallest absolute Gasteiger partial charge is 0.223 e. The number of nitrogens with one attached hydrogen (secondary N) is 1. The van der Waals surface area contributed by atoms with Crippen molar-refractivity contribution in [1.82, 2.24) is 5.32 Å². The van der Waals surface area contributed by atoms with Gasteiger partial charge in [0.15, 0.2) is 0 Å². The summed E-state index contributed by atoms with van der Waals surface area (Å²) in [6, 6.07) is 7.74. The van der Waals surface area contributed by atoms with Crippen molar-refractivity contribution in [2.75, 3.05) is 0 Å². The SMILES string of the molecule is CC1C[C@@H](c2ccccc2Cl)NC1=O. The van der Waals surface area contributed by atoms with Crippen molar-refractivity contribution in [1.29, 1.82) is 0 Å². The topological polar surface area (TPSA) is 29.1 Å². The van der Waals surface area contributed by atoms with Crippen LogP contribution in [0.4, 0.5) is 0 Å². The molecule has 0 saturated carbocycles. The highest BCUT2D eigenvalue weighted by atomic mass is 35.5. The lowest BCUT2D eigenvalue weighted by molar-refractivity contribution is -0.122. The molecule has 2 atom stereocenters. The van der Waals surface area contributed by atoms with Crippen LogP contribution in [0.15, 0.2) is 24.3 Å². The lowest BCUT2D eigenvalue weighted by Gasteiger charge is -2.11. The summed E-state index contributed by atoms with van der Waals surface area (Å²) in [7, 11) is 0. The van der Waals surface area contributed by atoms with Crippen molar-refractivity contribution in [2.45, 2.75) is 19.4 Å². The second kappa shape index (κ2) is 3.62. The summed E-state index contributed by atoms with van der Waals surface area (Å²) < 4.78 is 0. The second-order valence-corrected chi connectivity index (χ2v) is 4.13. The minimum atomic E-state index is 0.0891. The van der Waals surface area contributed by atoms with Gasteiger partial charge in [-0.05, 0) is 18.1 Å². The quantitative estimate of drug-likeness (QED) is 0.757. The number of carbonyl (C=O) groups excluding carboxylic acids is 1. The normalized spacial score (nSPS) is 26.3. The molecule has 1 amide bonds. The van der Waals surface area contributed by atoms with Gasteiger partial charge in [-0.3, -0.25) is 4.79 Å². The number of hydrogen-bond donors (Lipinski definition) is 1. The Morgan fingerprint density at radius 1 is 1.43 bits per heavy atom. The zero-order valence-electron chi connectivity index (χ0n) is 7.96. The molecule has 0 aliphatic carbocycles. The van der Waals surface area contributed by atoms with E-state index in [1.54, 1.807) is 0 Å². The summed E-state index contributed by atoms with van der Waals surface area (Å²) in [4.78, 5) is 11.3. The Labute approximate surface area is 88.3 Å². The van der Waals surface area contributed by atoms with Gasteiger partial charge in [0.25, 0.3) is 0 Å². The first-order valence-corrected chi connectivity index (χ1v) is 5.11. The molecule has 1 aromatic carbocycles. The van der Waals surface area contributed by atoms with Crippen LogP contribution in [0.1, 0.15) is 24.9 Å². The van der Waals surface area contributed by atoms with Gasteiger partial charge in [0, 0.05) is 10.9 Å². The molecule has 1 aromatic rings. The van der Waals surface area contributed by atoms with Gasteiger partial charge in [-0.2, -0.15) is 0 Å². The molecule has 1 aliphatic heterocycles. The average Bonchev–Trinajstić information content (AvgIpc) is 2.48. The van der Waals surface area contributed by atoms with Crippen LogP contribution in [0, 0.1) is 5.92 Å². The summed E-state index contributed by atoms with van der Waals surface area (Å²) in [5.74, 6) is 0.214. The van der Waals surface area contributed by atoms with Crippen molar-refractivity contribution < 1.29 is 4.79 Å². The van der Waals surface area contributed by atoms with Crippen LogP contribution < -0.4 is 5.32 Å². The maximum atomic E-state index is 11.3. The molecule has 2 rings (SSSR count). The predicted octanol–water partition coefficient (Wildman–Crippen LogP) is 2.54. The van der Waals surface area contributed by atoms with Gasteiger partial charge in [0.2, 0.25) is 5.91 Å². The number of hydrogen-bond acceptors (Lipinski definition) is 1. The Bertz CT molecular complexity index is 364. The van der Waals surface area contributed by atoms with E-state index in [9.17, 15) is 4.79 Å². The largest absolute Gasteiger partial charge is 0.349 e. The van der Waals surface area contributed by atoms with Crippen LogP contribution in [0.5, 0.6) is 0 Å². The molecule has 1 unspecified atom stereocenters. The number of carbonyl (C=O) groups is 1. The Morgan fingerprint density at radius 2 is 2.14 bits per heavy atom. The maximum absolute atomic E-state index is 11.3. The number of benzene rings is 1. The molecule has 1 aliphatic rings. The molecular formula is C11H12ClNO. The van der Waals surface area contributed by atoms with Crippen LogP contribution in [-0.4, -0.2) is 5.91 Å². The molecule has 0 bridgehead atoms. The third-order valence-electron chi connectivity index (χ3n) is 2.63. The highest BCUT2D eigenvalue weighted by Gasteiger charge is 2.30. The van der Waals surface area contributed by atoms with E-state index >= 15 is 0 Å². The first-order chi connectivity index (χ1) is 6.68. The summed E-state index contributed by atoms with van der Waals surface area (Å²) in [5, 5.41) is 3.67. The zero-order valence-corrected chi connectivity index (χ0v) is 8.71. The number of halogens is 1. The summed E-state index contributed by atoms with van der Waals surface area (Å²) >= 11 is 6.05. The fraction of sp³-hybridized carbons (Fsp3) is 0.364. The predicted molar refractivity (Wildman–Crippen MR) is 56.1 cm³/mol. The molecule has 1 saturated heterocycles. The van der Waals surface area contributed by atoms with Crippen molar-refractivity contribution >= 4 is 17.5 Å². The lowest BCUT2D eigenvalue weighted by atomic mass is 10.0. The maximum Gasteiger partial charge on any atom is 0.223 e. The molecule has 0 aromatic heterocycles. The van der Waals surface area contributed by atoms with E-state index in [1.807, 2.05) is 31.2 Å².